The Morgan fingerprint density at radius 3 is 2.16 bits per heavy atom. The fourth-order valence-corrected chi connectivity index (χ4v) is 4.57. The Bertz CT molecular complexity index is 1550. The van der Waals surface area contributed by atoms with Crippen LogP contribution in [0.2, 0.25) is 0 Å². The number of carbonyl (C=O) groups excluding carboxylic acids is 1. The molecule has 200 valence electrons. The minimum absolute atomic E-state index is 0.0701. The fraction of sp³-hybridized carbons (Fsp3) is 0.200. The van der Waals surface area contributed by atoms with E-state index in [0.717, 1.165) is 24.3 Å². The molecule has 4 rings (SSSR count). The number of alkyl halides is 6. The third-order valence-electron chi connectivity index (χ3n) is 5.55. The Labute approximate surface area is 219 Å². The molecule has 1 heterocycles. The summed E-state index contributed by atoms with van der Waals surface area (Å²) in [4.78, 5) is 16.3. The van der Waals surface area contributed by atoms with Crippen molar-refractivity contribution in [2.24, 2.45) is 12.0 Å². The molecule has 0 aliphatic rings. The Hall–Kier alpha value is -3.74. The van der Waals surface area contributed by atoms with Crippen LogP contribution in [0.4, 0.5) is 32.0 Å². The Kier molecular flexibility index (Phi) is 7.33. The van der Waals surface area contributed by atoms with E-state index in [0.29, 0.717) is 16.6 Å². The summed E-state index contributed by atoms with van der Waals surface area (Å²) in [5, 5.41) is 0. The van der Waals surface area contributed by atoms with Crippen LogP contribution in [0.5, 0.6) is 5.75 Å². The molecule has 0 N–H and O–H groups in total. The lowest BCUT2D eigenvalue weighted by Crippen LogP contribution is -2.24. The van der Waals surface area contributed by atoms with Crippen molar-refractivity contribution in [3.8, 4) is 5.75 Å². The summed E-state index contributed by atoms with van der Waals surface area (Å²) in [6.45, 7) is 0.0701. The molecular weight excluding hydrogens is 584 g/mol. The van der Waals surface area contributed by atoms with Crippen LogP contribution in [-0.2, 0) is 24.5 Å². The number of esters is 1. The van der Waals surface area contributed by atoms with E-state index in [-0.39, 0.29) is 27.8 Å². The summed E-state index contributed by atoms with van der Waals surface area (Å²) in [6, 6.07) is 13.1. The zero-order valence-corrected chi connectivity index (χ0v) is 21.3. The molecule has 0 radical (unpaired) electrons. The molecule has 0 aliphatic carbocycles. The number of fused-ring (bicyclic) bond motifs is 1. The highest BCUT2D eigenvalue weighted by Crippen LogP contribution is 2.35. The van der Waals surface area contributed by atoms with E-state index in [1.54, 1.807) is 28.3 Å². The molecule has 1 aromatic heterocycles. The van der Waals surface area contributed by atoms with Crippen molar-refractivity contribution in [3.05, 3.63) is 87.4 Å². The maximum atomic E-state index is 13.6. The highest BCUT2D eigenvalue weighted by molar-refractivity contribution is 9.10. The highest BCUT2D eigenvalue weighted by atomic mass is 79.9. The number of nitrogens with zero attached hydrogens (tertiary/aromatic N) is 3. The van der Waals surface area contributed by atoms with E-state index in [1.807, 2.05) is 0 Å². The van der Waals surface area contributed by atoms with Crippen LogP contribution in [0.3, 0.4) is 0 Å². The first-order valence-electron chi connectivity index (χ1n) is 10.8. The van der Waals surface area contributed by atoms with Crippen LogP contribution in [0.15, 0.2) is 70.1 Å². The van der Waals surface area contributed by atoms with Gasteiger partial charge in [-0.3, -0.25) is 0 Å². The number of aryl methyl sites for hydroxylation is 1. The number of methoxy groups -OCH3 is 1. The number of benzene rings is 3. The summed E-state index contributed by atoms with van der Waals surface area (Å²) < 4.78 is 90.2. The number of carbonyl (C=O) groups is 1. The second-order valence-corrected chi connectivity index (χ2v) is 8.97. The number of hydrogen-bond acceptors (Lipinski definition) is 4. The largest absolute Gasteiger partial charge is 0.573 e. The predicted molar refractivity (Wildman–Crippen MR) is 129 cm³/mol. The van der Waals surface area contributed by atoms with Crippen LogP contribution < -0.4 is 10.4 Å². The van der Waals surface area contributed by atoms with Crippen LogP contribution in [0.1, 0.15) is 21.5 Å². The smallest absolute Gasteiger partial charge is 0.465 e. The molecule has 0 saturated carbocycles. The molecule has 0 fully saturated rings. The standard InChI is InChI=1S/C25H18BrF6N3O3/c1-34-21-19(26)11-16(24(27,28)29)12-20(21)35(13-14-3-5-15(6-4-14)22(36)37-2)23(34)33-17-7-9-18(10-8-17)38-25(30,31)32/h3-12H,13H2,1-2H3. The molecule has 0 aliphatic heterocycles. The third-order valence-corrected chi connectivity index (χ3v) is 6.16. The predicted octanol–water partition coefficient (Wildman–Crippen LogP) is 6.73. The summed E-state index contributed by atoms with van der Waals surface area (Å²) in [7, 11) is 2.85. The first-order valence-corrected chi connectivity index (χ1v) is 11.6. The molecule has 0 spiro atoms. The molecule has 0 unspecified atom stereocenters. The van der Waals surface area contributed by atoms with Gasteiger partial charge in [-0.1, -0.05) is 12.1 Å². The van der Waals surface area contributed by atoms with Gasteiger partial charge in [0.05, 0.1) is 41.5 Å². The highest BCUT2D eigenvalue weighted by Gasteiger charge is 2.32. The first kappa shape index (κ1) is 27.3. The van der Waals surface area contributed by atoms with E-state index in [4.69, 9.17) is 0 Å². The van der Waals surface area contributed by atoms with E-state index < -0.39 is 29.8 Å². The maximum absolute atomic E-state index is 13.6. The van der Waals surface area contributed by atoms with Crippen molar-refractivity contribution < 1.29 is 40.6 Å². The molecule has 6 nitrogen and oxygen atoms in total. The molecule has 3 aromatic carbocycles. The lowest BCUT2D eigenvalue weighted by molar-refractivity contribution is -0.274. The van der Waals surface area contributed by atoms with Crippen molar-refractivity contribution in [2.45, 2.75) is 19.1 Å². The van der Waals surface area contributed by atoms with Gasteiger partial charge < -0.3 is 18.6 Å². The van der Waals surface area contributed by atoms with E-state index in [1.165, 1.54) is 31.4 Å². The third kappa shape index (κ3) is 5.87. The van der Waals surface area contributed by atoms with E-state index in [2.05, 4.69) is 30.4 Å². The van der Waals surface area contributed by atoms with Gasteiger partial charge in [-0.05, 0) is 70.0 Å². The maximum Gasteiger partial charge on any atom is 0.573 e. The molecule has 38 heavy (non-hydrogen) atoms. The van der Waals surface area contributed by atoms with Gasteiger partial charge in [-0.2, -0.15) is 13.2 Å². The van der Waals surface area contributed by atoms with Gasteiger partial charge in [0.25, 0.3) is 0 Å². The van der Waals surface area contributed by atoms with Gasteiger partial charge in [0.1, 0.15) is 5.75 Å². The van der Waals surface area contributed by atoms with Crippen LogP contribution in [-0.4, -0.2) is 28.6 Å². The molecule has 0 atom stereocenters. The van der Waals surface area contributed by atoms with Gasteiger partial charge in [0.2, 0.25) is 5.62 Å². The molecule has 0 amide bonds. The van der Waals surface area contributed by atoms with Gasteiger partial charge >= 0.3 is 18.5 Å². The van der Waals surface area contributed by atoms with E-state index in [9.17, 15) is 31.1 Å². The first-order chi connectivity index (χ1) is 17.8. The topological polar surface area (TPSA) is 57.8 Å². The fourth-order valence-electron chi connectivity index (χ4n) is 3.85. The molecule has 0 saturated heterocycles. The minimum atomic E-state index is -4.86. The summed E-state index contributed by atoms with van der Waals surface area (Å²) in [6.07, 6.45) is -9.47. The SMILES string of the molecule is COC(=O)c1ccc(Cn2c(=Nc3ccc(OC(F)(F)F)cc3)n(C)c3c(Br)cc(C(F)(F)F)cc32)cc1. The number of rotatable bonds is 5. The molecular formula is C25H18BrF6N3O3. The van der Waals surface area contributed by atoms with Gasteiger partial charge in [0, 0.05) is 11.5 Å². The number of hydrogen-bond donors (Lipinski definition) is 0. The second kappa shape index (κ2) is 10.2. The van der Waals surface area contributed by atoms with Gasteiger partial charge in [-0.15, -0.1) is 13.2 Å². The molecule has 0 bridgehead atoms. The van der Waals surface area contributed by atoms with Crippen molar-refractivity contribution in [1.82, 2.24) is 9.13 Å². The van der Waals surface area contributed by atoms with Crippen LogP contribution >= 0.6 is 15.9 Å². The minimum Gasteiger partial charge on any atom is -0.465 e. The lowest BCUT2D eigenvalue weighted by Gasteiger charge is -2.10. The normalized spacial score (nSPS) is 12.7. The number of halogens is 7. The van der Waals surface area contributed by atoms with Crippen molar-refractivity contribution in [3.63, 3.8) is 0 Å². The van der Waals surface area contributed by atoms with Gasteiger partial charge in [0.15, 0.2) is 0 Å². The monoisotopic (exact) mass is 601 g/mol. The van der Waals surface area contributed by atoms with E-state index >= 15 is 0 Å². The van der Waals surface area contributed by atoms with Crippen LogP contribution in [0.25, 0.3) is 11.0 Å². The summed E-state index contributed by atoms with van der Waals surface area (Å²) in [5.74, 6) is -0.980. The summed E-state index contributed by atoms with van der Waals surface area (Å²) in [5.41, 5.74) is 1.16. The zero-order valence-electron chi connectivity index (χ0n) is 19.7. The second-order valence-electron chi connectivity index (χ2n) is 8.11. The number of ether oxygens (including phenoxy) is 2. The molecule has 4 aromatic rings. The average Bonchev–Trinajstić information content (AvgIpc) is 3.10. The number of imidazole rings is 1. The number of aromatic nitrogens is 2. The van der Waals surface area contributed by atoms with Crippen molar-refractivity contribution >= 4 is 38.6 Å². The molecule has 13 heteroatoms. The van der Waals surface area contributed by atoms with Gasteiger partial charge in [-0.25, -0.2) is 9.79 Å². The van der Waals surface area contributed by atoms with Crippen molar-refractivity contribution in [1.29, 1.82) is 0 Å². The Morgan fingerprint density at radius 2 is 1.61 bits per heavy atom. The summed E-state index contributed by atoms with van der Waals surface area (Å²) >= 11 is 3.23. The van der Waals surface area contributed by atoms with Crippen molar-refractivity contribution in [2.75, 3.05) is 7.11 Å². The lowest BCUT2D eigenvalue weighted by atomic mass is 10.1. The quantitative estimate of drug-likeness (QED) is 0.188. The Morgan fingerprint density at radius 1 is 0.974 bits per heavy atom. The average molecular weight is 602 g/mol. The zero-order chi connectivity index (χ0) is 27.8. The Balaban J connectivity index is 1.89. The van der Waals surface area contributed by atoms with Crippen LogP contribution in [0, 0.1) is 0 Å².